The molecule has 7 nitrogen and oxygen atoms in total. The van der Waals surface area contributed by atoms with Gasteiger partial charge in [-0.15, -0.1) is 13.2 Å². The minimum atomic E-state index is -4.79. The van der Waals surface area contributed by atoms with E-state index in [1.54, 1.807) is 0 Å². The van der Waals surface area contributed by atoms with E-state index in [9.17, 15) is 22.8 Å². The molecule has 1 fully saturated rings. The molecule has 0 unspecified atom stereocenters. The maximum Gasteiger partial charge on any atom is 0.573 e. The lowest BCUT2D eigenvalue weighted by molar-refractivity contribution is -0.274. The predicted octanol–water partition coefficient (Wildman–Crippen LogP) is 1.30. The molecule has 0 aromatic heterocycles. The summed E-state index contributed by atoms with van der Waals surface area (Å²) in [6.07, 6.45) is -4.69. The van der Waals surface area contributed by atoms with E-state index in [0.29, 0.717) is 0 Å². The molecule has 0 bridgehead atoms. The lowest BCUT2D eigenvalue weighted by atomic mass is 10.1. The van der Waals surface area contributed by atoms with Crippen LogP contribution in [-0.4, -0.2) is 54.0 Å². The van der Waals surface area contributed by atoms with Gasteiger partial charge in [0.05, 0.1) is 0 Å². The number of benzene rings is 1. The van der Waals surface area contributed by atoms with Crippen LogP contribution < -0.4 is 15.4 Å². The van der Waals surface area contributed by atoms with E-state index in [1.807, 2.05) is 0 Å². The molecule has 3 N–H and O–H groups in total. The number of nitrogens with one attached hydrogen (secondary N) is 2. The van der Waals surface area contributed by atoms with Gasteiger partial charge in [0, 0.05) is 25.4 Å². The van der Waals surface area contributed by atoms with Crippen LogP contribution in [0.2, 0.25) is 0 Å². The summed E-state index contributed by atoms with van der Waals surface area (Å²) in [5, 5.41) is 14.1. The van der Waals surface area contributed by atoms with Crippen LogP contribution in [-0.2, 0) is 4.79 Å². The zero-order chi connectivity index (χ0) is 17.7. The summed E-state index contributed by atoms with van der Waals surface area (Å²) in [7, 11) is 0. The van der Waals surface area contributed by atoms with Gasteiger partial charge in [0.15, 0.2) is 0 Å². The predicted molar refractivity (Wildman–Crippen MR) is 77.4 cm³/mol. The molecule has 1 aliphatic heterocycles. The third-order valence-corrected chi connectivity index (χ3v) is 3.33. The van der Waals surface area contributed by atoms with E-state index >= 15 is 0 Å². The highest BCUT2D eigenvalue weighted by atomic mass is 19.4. The van der Waals surface area contributed by atoms with Crippen LogP contribution in [0.15, 0.2) is 24.3 Å². The number of aliphatic hydroxyl groups excluding tert-OH is 1. The highest BCUT2D eigenvalue weighted by molar-refractivity contribution is 5.94. The molecule has 1 atom stereocenters. The maximum atomic E-state index is 12.3. The summed E-state index contributed by atoms with van der Waals surface area (Å²) in [6.45, 7) is 0.287. The third-order valence-electron chi connectivity index (χ3n) is 3.33. The Hall–Kier alpha value is -2.49. The second kappa shape index (κ2) is 7.39. The topological polar surface area (TPSA) is 90.9 Å². The van der Waals surface area contributed by atoms with Crippen molar-refractivity contribution in [3.8, 4) is 5.75 Å². The average Bonchev–Trinajstić information content (AvgIpc) is 2.50. The number of urea groups is 1. The summed E-state index contributed by atoms with van der Waals surface area (Å²) in [4.78, 5) is 25.3. The van der Waals surface area contributed by atoms with Crippen molar-refractivity contribution in [3.05, 3.63) is 24.3 Å². The van der Waals surface area contributed by atoms with Crippen LogP contribution in [0.3, 0.4) is 0 Å². The molecular weight excluding hydrogens is 331 g/mol. The van der Waals surface area contributed by atoms with Crippen LogP contribution in [0.5, 0.6) is 5.75 Å². The summed E-state index contributed by atoms with van der Waals surface area (Å²) in [5.41, 5.74) is 0.253. The van der Waals surface area contributed by atoms with Gasteiger partial charge in [0.2, 0.25) is 5.91 Å². The summed E-state index contributed by atoms with van der Waals surface area (Å²) in [6, 6.07) is 3.27. The van der Waals surface area contributed by atoms with Gasteiger partial charge in [-0.05, 0) is 30.7 Å². The Labute approximate surface area is 135 Å². The van der Waals surface area contributed by atoms with Crippen molar-refractivity contribution in [2.24, 2.45) is 0 Å². The molecule has 3 amide bonds. The molecular formula is C14H16F3N3O4. The second-order valence-corrected chi connectivity index (χ2v) is 5.01. The maximum absolute atomic E-state index is 12.3. The fourth-order valence-electron chi connectivity index (χ4n) is 2.30. The number of carbonyl (C=O) groups is 2. The molecule has 0 spiro atoms. The zero-order valence-electron chi connectivity index (χ0n) is 12.5. The van der Waals surface area contributed by atoms with Crippen molar-refractivity contribution >= 4 is 17.6 Å². The van der Waals surface area contributed by atoms with Gasteiger partial charge in [-0.2, -0.15) is 0 Å². The van der Waals surface area contributed by atoms with Gasteiger partial charge in [0.25, 0.3) is 0 Å². The Balaban J connectivity index is 2.01. The van der Waals surface area contributed by atoms with E-state index in [-0.39, 0.29) is 37.7 Å². The smallest absolute Gasteiger partial charge is 0.406 e. The first kappa shape index (κ1) is 17.9. The fourth-order valence-corrected chi connectivity index (χ4v) is 2.30. The summed E-state index contributed by atoms with van der Waals surface area (Å²) < 4.78 is 40.0. The quantitative estimate of drug-likeness (QED) is 0.766. The van der Waals surface area contributed by atoms with Crippen molar-refractivity contribution in [1.82, 2.24) is 10.2 Å². The third kappa shape index (κ3) is 4.75. The van der Waals surface area contributed by atoms with Crippen molar-refractivity contribution < 1.29 is 32.6 Å². The highest BCUT2D eigenvalue weighted by Gasteiger charge is 2.33. The average molecular weight is 347 g/mol. The normalized spacial score (nSPS) is 18.1. The van der Waals surface area contributed by atoms with Crippen molar-refractivity contribution in [1.29, 1.82) is 0 Å². The number of hydrogen-bond acceptors (Lipinski definition) is 4. The molecule has 132 valence electrons. The zero-order valence-corrected chi connectivity index (χ0v) is 12.5. The molecule has 1 heterocycles. The van der Waals surface area contributed by atoms with Crippen LogP contribution in [0.25, 0.3) is 0 Å². The van der Waals surface area contributed by atoms with Crippen LogP contribution in [0.4, 0.5) is 23.7 Å². The molecule has 1 aliphatic rings. The van der Waals surface area contributed by atoms with E-state index in [4.69, 9.17) is 5.11 Å². The number of anilines is 1. The van der Waals surface area contributed by atoms with Crippen molar-refractivity contribution in [2.75, 3.05) is 25.0 Å². The number of hydrogen-bond donors (Lipinski definition) is 3. The molecule has 1 aromatic rings. The molecule has 0 aliphatic carbocycles. The molecule has 24 heavy (non-hydrogen) atoms. The minimum absolute atomic E-state index is 0.0949. The molecule has 0 saturated carbocycles. The number of carbonyl (C=O) groups excluding carboxylic acids is 2. The Kier molecular flexibility index (Phi) is 5.50. The van der Waals surface area contributed by atoms with Gasteiger partial charge < -0.3 is 25.4 Å². The van der Waals surface area contributed by atoms with Gasteiger partial charge >= 0.3 is 12.4 Å². The number of piperazine rings is 1. The number of halogens is 3. The summed E-state index contributed by atoms with van der Waals surface area (Å²) in [5.74, 6) is -0.768. The summed E-state index contributed by atoms with van der Waals surface area (Å²) >= 11 is 0. The first-order valence-electron chi connectivity index (χ1n) is 7.12. The standard InChI is InChI=1S/C14H16F3N3O4/c15-14(16,17)24-10-3-1-9(2-4-10)19-13(23)20-7-6-18-12(22)11(20)5-8-21/h1-4,11,21H,5-8H2,(H,18,22)(H,19,23)/t11-/m1/s1. The molecule has 1 saturated heterocycles. The van der Waals surface area contributed by atoms with E-state index in [1.165, 1.54) is 17.0 Å². The van der Waals surface area contributed by atoms with Crippen LogP contribution in [0, 0.1) is 0 Å². The first-order chi connectivity index (χ1) is 11.3. The van der Waals surface area contributed by atoms with Gasteiger partial charge in [-0.1, -0.05) is 0 Å². The van der Waals surface area contributed by atoms with Crippen LogP contribution in [0.1, 0.15) is 6.42 Å². The van der Waals surface area contributed by atoms with Gasteiger partial charge in [-0.3, -0.25) is 4.79 Å². The molecule has 10 heteroatoms. The Bertz CT molecular complexity index is 592. The number of aliphatic hydroxyl groups is 1. The molecule has 0 radical (unpaired) electrons. The van der Waals surface area contributed by atoms with Crippen LogP contribution >= 0.6 is 0 Å². The lowest BCUT2D eigenvalue weighted by Gasteiger charge is -2.34. The van der Waals surface area contributed by atoms with E-state index in [2.05, 4.69) is 15.4 Å². The Morgan fingerprint density at radius 3 is 2.62 bits per heavy atom. The fraction of sp³-hybridized carbons (Fsp3) is 0.429. The number of ether oxygens (including phenoxy) is 1. The van der Waals surface area contributed by atoms with Crippen molar-refractivity contribution in [2.45, 2.75) is 18.8 Å². The van der Waals surface area contributed by atoms with Gasteiger partial charge in [-0.25, -0.2) is 4.79 Å². The molecule has 1 aromatic carbocycles. The largest absolute Gasteiger partial charge is 0.573 e. The number of amides is 3. The molecule has 2 rings (SSSR count). The minimum Gasteiger partial charge on any atom is -0.406 e. The van der Waals surface area contributed by atoms with Gasteiger partial charge in [0.1, 0.15) is 11.8 Å². The number of rotatable bonds is 4. The lowest BCUT2D eigenvalue weighted by Crippen LogP contribution is -2.58. The first-order valence-corrected chi connectivity index (χ1v) is 7.12. The van der Waals surface area contributed by atoms with E-state index in [0.717, 1.165) is 12.1 Å². The highest BCUT2D eigenvalue weighted by Crippen LogP contribution is 2.24. The number of nitrogens with zero attached hydrogens (tertiary/aromatic N) is 1. The second-order valence-electron chi connectivity index (χ2n) is 5.01. The van der Waals surface area contributed by atoms with E-state index < -0.39 is 24.2 Å². The Morgan fingerprint density at radius 1 is 1.38 bits per heavy atom. The Morgan fingerprint density at radius 2 is 2.04 bits per heavy atom. The monoisotopic (exact) mass is 347 g/mol. The number of alkyl halides is 3. The van der Waals surface area contributed by atoms with Crippen molar-refractivity contribution in [3.63, 3.8) is 0 Å². The SMILES string of the molecule is O=C1NCCN(C(=O)Nc2ccc(OC(F)(F)F)cc2)[C@@H]1CCO.